The van der Waals surface area contributed by atoms with Crippen LogP contribution in [0.25, 0.3) is 25.9 Å². The predicted octanol–water partition coefficient (Wildman–Crippen LogP) is 5.01. The van der Waals surface area contributed by atoms with Crippen LogP contribution in [0, 0.1) is 0 Å². The van der Waals surface area contributed by atoms with E-state index in [9.17, 15) is 9.59 Å². The SMILES string of the molecule is CCN1C(=O)C(=Cc2cc3sc(-c4ccccc4)cc3s2)C(=O)N(CC)C1=S. The van der Waals surface area contributed by atoms with Crippen LogP contribution in [0.3, 0.4) is 0 Å². The molecule has 0 radical (unpaired) electrons. The van der Waals surface area contributed by atoms with Crippen molar-refractivity contribution in [2.45, 2.75) is 13.8 Å². The second-order valence-electron chi connectivity index (χ2n) is 6.29. The Morgan fingerprint density at radius 3 is 2.11 bits per heavy atom. The third kappa shape index (κ3) is 3.19. The van der Waals surface area contributed by atoms with Gasteiger partial charge in [-0.2, -0.15) is 0 Å². The lowest BCUT2D eigenvalue weighted by Gasteiger charge is -2.35. The number of hydrogen-bond donors (Lipinski definition) is 0. The predicted molar refractivity (Wildman–Crippen MR) is 120 cm³/mol. The van der Waals surface area contributed by atoms with Crippen molar-refractivity contribution in [2.24, 2.45) is 0 Å². The molecule has 1 fully saturated rings. The topological polar surface area (TPSA) is 40.6 Å². The van der Waals surface area contributed by atoms with Gasteiger partial charge >= 0.3 is 0 Å². The van der Waals surface area contributed by atoms with Crippen LogP contribution in [0.4, 0.5) is 0 Å². The van der Waals surface area contributed by atoms with Crippen LogP contribution < -0.4 is 0 Å². The van der Waals surface area contributed by atoms with Crippen molar-refractivity contribution in [3.63, 3.8) is 0 Å². The van der Waals surface area contributed by atoms with Crippen molar-refractivity contribution in [3.8, 4) is 10.4 Å². The largest absolute Gasteiger partial charge is 0.285 e. The molecule has 1 saturated heterocycles. The van der Waals surface area contributed by atoms with Crippen LogP contribution in [0.1, 0.15) is 18.7 Å². The van der Waals surface area contributed by atoms with Gasteiger partial charge in [-0.1, -0.05) is 30.3 Å². The summed E-state index contributed by atoms with van der Waals surface area (Å²) in [6.45, 7) is 4.60. The second-order valence-corrected chi connectivity index (χ2v) is 8.86. The number of nitrogens with zero attached hydrogens (tertiary/aromatic N) is 2. The first-order valence-electron chi connectivity index (χ1n) is 9.01. The van der Waals surface area contributed by atoms with Gasteiger partial charge in [0, 0.05) is 32.2 Å². The quantitative estimate of drug-likeness (QED) is 0.335. The van der Waals surface area contributed by atoms with Crippen molar-refractivity contribution in [1.29, 1.82) is 0 Å². The zero-order valence-electron chi connectivity index (χ0n) is 15.5. The molecule has 4 rings (SSSR count). The first-order chi connectivity index (χ1) is 13.5. The Bertz CT molecular complexity index is 1050. The van der Waals surface area contributed by atoms with Gasteiger partial charge in [0.25, 0.3) is 11.8 Å². The summed E-state index contributed by atoms with van der Waals surface area (Å²) in [4.78, 5) is 30.6. The summed E-state index contributed by atoms with van der Waals surface area (Å²) < 4.78 is 2.31. The maximum atomic E-state index is 12.8. The lowest BCUT2D eigenvalue weighted by Crippen LogP contribution is -2.55. The Morgan fingerprint density at radius 2 is 1.54 bits per heavy atom. The van der Waals surface area contributed by atoms with Crippen LogP contribution in [0.2, 0.25) is 0 Å². The van der Waals surface area contributed by atoms with Crippen molar-refractivity contribution >= 4 is 67.3 Å². The van der Waals surface area contributed by atoms with E-state index in [-0.39, 0.29) is 22.5 Å². The number of hydrogen-bond acceptors (Lipinski definition) is 5. The molecule has 0 N–H and O–H groups in total. The molecule has 2 aromatic heterocycles. The van der Waals surface area contributed by atoms with Gasteiger partial charge in [-0.15, -0.1) is 22.7 Å². The average molecular weight is 427 g/mol. The molecule has 0 aliphatic carbocycles. The highest BCUT2D eigenvalue weighted by Gasteiger charge is 2.37. The van der Waals surface area contributed by atoms with Crippen molar-refractivity contribution in [1.82, 2.24) is 9.80 Å². The van der Waals surface area contributed by atoms with E-state index in [0.29, 0.717) is 13.1 Å². The highest BCUT2D eigenvalue weighted by Crippen LogP contribution is 2.39. The molecule has 4 nitrogen and oxygen atoms in total. The molecule has 3 aromatic rings. The lowest BCUT2D eigenvalue weighted by molar-refractivity contribution is -0.133. The zero-order chi connectivity index (χ0) is 19.8. The smallest absolute Gasteiger partial charge is 0.265 e. The molecular formula is C21H18N2O2S3. The summed E-state index contributed by atoms with van der Waals surface area (Å²) in [7, 11) is 0. The van der Waals surface area contributed by atoms with E-state index in [2.05, 4.69) is 18.2 Å². The fourth-order valence-corrected chi connectivity index (χ4v) is 5.98. The fraction of sp³-hybridized carbons (Fsp3) is 0.190. The minimum atomic E-state index is -0.316. The van der Waals surface area contributed by atoms with Crippen molar-refractivity contribution in [2.75, 3.05) is 13.1 Å². The maximum absolute atomic E-state index is 12.8. The molecule has 1 aromatic carbocycles. The molecule has 1 aliphatic heterocycles. The normalized spacial score (nSPS) is 15.1. The summed E-state index contributed by atoms with van der Waals surface area (Å²) in [6, 6.07) is 14.5. The Hall–Kier alpha value is -2.35. The van der Waals surface area contributed by atoms with Crippen LogP contribution in [0.5, 0.6) is 0 Å². The zero-order valence-corrected chi connectivity index (χ0v) is 17.9. The Kier molecular flexibility index (Phi) is 5.14. The van der Waals surface area contributed by atoms with E-state index in [0.717, 1.165) is 14.3 Å². The number of thiocarbonyl (C=S) groups is 1. The molecule has 0 saturated carbocycles. The second kappa shape index (κ2) is 7.58. The molecule has 7 heteroatoms. The van der Waals surface area contributed by atoms with Crippen LogP contribution in [0.15, 0.2) is 48.0 Å². The number of carbonyl (C=O) groups is 2. The average Bonchev–Trinajstić information content (AvgIpc) is 3.25. The van der Waals surface area contributed by atoms with Gasteiger partial charge in [-0.05, 0) is 49.8 Å². The van der Waals surface area contributed by atoms with E-state index in [4.69, 9.17) is 12.2 Å². The number of carbonyl (C=O) groups excluding carboxylic acids is 2. The highest BCUT2D eigenvalue weighted by atomic mass is 32.1. The van der Waals surface area contributed by atoms with Gasteiger partial charge in [0.05, 0.1) is 0 Å². The number of likely N-dealkylation sites (N-methyl/N-ethyl adjacent to an activating group) is 2. The van der Waals surface area contributed by atoms with Gasteiger partial charge < -0.3 is 0 Å². The van der Waals surface area contributed by atoms with Crippen LogP contribution >= 0.6 is 34.9 Å². The molecular weight excluding hydrogens is 408 g/mol. The van der Waals surface area contributed by atoms with E-state index >= 15 is 0 Å². The third-order valence-corrected chi connectivity index (χ3v) is 7.35. The Labute approximate surface area is 176 Å². The monoisotopic (exact) mass is 426 g/mol. The van der Waals surface area contributed by atoms with E-state index < -0.39 is 0 Å². The van der Waals surface area contributed by atoms with Crippen LogP contribution in [-0.2, 0) is 9.59 Å². The summed E-state index contributed by atoms with van der Waals surface area (Å²) >= 11 is 8.61. The minimum absolute atomic E-state index is 0.175. The van der Waals surface area contributed by atoms with E-state index in [1.54, 1.807) is 28.7 Å². The molecule has 142 valence electrons. The van der Waals surface area contributed by atoms with Crippen molar-refractivity contribution < 1.29 is 9.59 Å². The molecule has 0 atom stereocenters. The number of rotatable bonds is 4. The standard InChI is InChI=1S/C21H18N2O2S3/c1-3-22-19(24)15(20(25)23(4-2)21(22)26)10-14-11-17-18(27-14)12-16(28-17)13-8-6-5-7-9-13/h5-12H,3-4H2,1-2H3. The minimum Gasteiger partial charge on any atom is -0.285 e. The summed E-state index contributed by atoms with van der Waals surface area (Å²) in [5.41, 5.74) is 1.37. The number of amides is 2. The molecule has 0 bridgehead atoms. The summed E-state index contributed by atoms with van der Waals surface area (Å²) in [5.74, 6) is -0.632. The van der Waals surface area contributed by atoms with Gasteiger partial charge in [-0.3, -0.25) is 19.4 Å². The summed E-state index contributed by atoms with van der Waals surface area (Å²) in [5, 5.41) is 0.289. The fourth-order valence-electron chi connectivity index (χ4n) is 3.20. The van der Waals surface area contributed by atoms with E-state index in [1.165, 1.54) is 20.2 Å². The van der Waals surface area contributed by atoms with Gasteiger partial charge in [0.15, 0.2) is 5.11 Å². The molecule has 3 heterocycles. The lowest BCUT2D eigenvalue weighted by atomic mass is 10.1. The molecule has 2 amide bonds. The highest BCUT2D eigenvalue weighted by molar-refractivity contribution is 7.80. The molecule has 0 unspecified atom stereocenters. The number of fused-ring (bicyclic) bond motifs is 1. The van der Waals surface area contributed by atoms with Gasteiger partial charge in [-0.25, -0.2) is 0 Å². The molecule has 0 spiro atoms. The maximum Gasteiger partial charge on any atom is 0.265 e. The Balaban J connectivity index is 1.70. The van der Waals surface area contributed by atoms with Gasteiger partial charge in [0.1, 0.15) is 5.57 Å². The third-order valence-electron chi connectivity index (χ3n) is 4.62. The first kappa shape index (κ1) is 19.0. The van der Waals surface area contributed by atoms with E-state index in [1.807, 2.05) is 38.1 Å². The first-order valence-corrected chi connectivity index (χ1v) is 11.1. The van der Waals surface area contributed by atoms with Gasteiger partial charge in [0.2, 0.25) is 0 Å². The molecule has 28 heavy (non-hydrogen) atoms. The Morgan fingerprint density at radius 1 is 0.929 bits per heavy atom. The number of thiophene rings is 2. The summed E-state index contributed by atoms with van der Waals surface area (Å²) in [6.07, 6.45) is 1.71. The van der Waals surface area contributed by atoms with Crippen LogP contribution in [-0.4, -0.2) is 39.8 Å². The van der Waals surface area contributed by atoms with Crippen molar-refractivity contribution in [3.05, 3.63) is 52.9 Å². The molecule has 1 aliphatic rings. The number of benzene rings is 1.